The second-order valence-corrected chi connectivity index (χ2v) is 5.26. The van der Waals surface area contributed by atoms with Crippen LogP contribution in [0.2, 0.25) is 0 Å². The quantitative estimate of drug-likeness (QED) is 0.649. The number of carboxylic acid groups (broad SMARTS) is 1. The van der Waals surface area contributed by atoms with E-state index in [1.165, 1.54) is 6.07 Å². The Kier molecular flexibility index (Phi) is 3.98. The van der Waals surface area contributed by atoms with Gasteiger partial charge in [0.1, 0.15) is 12.0 Å². The number of aliphatic carboxylic acids is 1. The minimum Gasteiger partial charge on any atom is -0.481 e. The van der Waals surface area contributed by atoms with Crippen LogP contribution in [0, 0.1) is 16.0 Å². The van der Waals surface area contributed by atoms with Crippen LogP contribution in [0.5, 0.6) is 0 Å². The molecule has 0 aliphatic heterocycles. The molecule has 19 heavy (non-hydrogen) atoms. The number of rotatable bonds is 4. The number of aromatic nitrogens is 1. The minimum absolute atomic E-state index is 0.112. The number of anilines is 1. The molecule has 0 radical (unpaired) electrons. The number of nitrogens with zero attached hydrogens (tertiary/aromatic N) is 2. The van der Waals surface area contributed by atoms with E-state index in [9.17, 15) is 14.9 Å². The number of hydrogen-bond acceptors (Lipinski definition) is 5. The van der Waals surface area contributed by atoms with Gasteiger partial charge >= 0.3 is 5.97 Å². The lowest BCUT2D eigenvalue weighted by molar-refractivity contribution is -0.385. The van der Waals surface area contributed by atoms with Crippen molar-refractivity contribution in [1.29, 1.82) is 0 Å². The summed E-state index contributed by atoms with van der Waals surface area (Å²) in [6.45, 7) is 0. The zero-order valence-corrected chi connectivity index (χ0v) is 11.5. The molecule has 2 N–H and O–H groups in total. The van der Waals surface area contributed by atoms with Crippen LogP contribution in [0.3, 0.4) is 0 Å². The van der Waals surface area contributed by atoms with E-state index in [2.05, 4.69) is 26.2 Å². The molecular weight excluding hydrogens is 318 g/mol. The van der Waals surface area contributed by atoms with Crippen molar-refractivity contribution in [3.63, 3.8) is 0 Å². The Hall–Kier alpha value is -1.70. The Morgan fingerprint density at radius 2 is 2.32 bits per heavy atom. The summed E-state index contributed by atoms with van der Waals surface area (Å²) in [5.74, 6) is -0.833. The summed E-state index contributed by atoms with van der Waals surface area (Å²) in [6.07, 6.45) is 3.39. The van der Waals surface area contributed by atoms with Crippen LogP contribution in [-0.2, 0) is 4.79 Å². The molecule has 0 aromatic carbocycles. The van der Waals surface area contributed by atoms with E-state index in [0.717, 1.165) is 19.0 Å². The lowest BCUT2D eigenvalue weighted by Gasteiger charge is -2.18. The van der Waals surface area contributed by atoms with Gasteiger partial charge in [-0.2, -0.15) is 0 Å². The molecule has 1 fully saturated rings. The molecular formula is C11H12BrN3O4. The molecule has 7 nitrogen and oxygen atoms in total. The van der Waals surface area contributed by atoms with Gasteiger partial charge in [0.15, 0.2) is 0 Å². The maximum Gasteiger partial charge on any atom is 0.308 e. The molecule has 1 heterocycles. The Balaban J connectivity index is 2.15. The Labute approximate surface area is 117 Å². The summed E-state index contributed by atoms with van der Waals surface area (Å²) >= 11 is 3.20. The second-order valence-electron chi connectivity index (χ2n) is 4.41. The lowest BCUT2D eigenvalue weighted by atomic mass is 10.0. The summed E-state index contributed by atoms with van der Waals surface area (Å²) in [7, 11) is 0. The predicted molar refractivity (Wildman–Crippen MR) is 71.0 cm³/mol. The van der Waals surface area contributed by atoms with Gasteiger partial charge < -0.3 is 10.4 Å². The average Bonchev–Trinajstić information content (AvgIpc) is 2.79. The molecule has 2 atom stereocenters. The van der Waals surface area contributed by atoms with E-state index in [1.54, 1.807) is 0 Å². The first-order chi connectivity index (χ1) is 8.99. The van der Waals surface area contributed by atoms with Gasteiger partial charge in [0.05, 0.1) is 15.3 Å². The van der Waals surface area contributed by atoms with Crippen molar-refractivity contribution in [2.45, 2.75) is 25.3 Å². The normalized spacial score (nSPS) is 22.2. The van der Waals surface area contributed by atoms with Gasteiger partial charge in [-0.15, -0.1) is 0 Å². The van der Waals surface area contributed by atoms with Crippen LogP contribution in [0.15, 0.2) is 16.7 Å². The maximum absolute atomic E-state index is 11.1. The first-order valence-electron chi connectivity index (χ1n) is 5.78. The topological polar surface area (TPSA) is 105 Å². The summed E-state index contributed by atoms with van der Waals surface area (Å²) in [6, 6.07) is 1.16. The standard InChI is InChI=1S/C11H12BrN3O4/c12-8-4-6(15(18)19)5-13-10(8)14-9-3-1-2-7(9)11(16)17/h4-5,7,9H,1-3H2,(H,13,14)(H,16,17). The molecule has 0 bridgehead atoms. The van der Waals surface area contributed by atoms with Crippen molar-refractivity contribution in [3.05, 3.63) is 26.9 Å². The van der Waals surface area contributed by atoms with Gasteiger partial charge in [0.25, 0.3) is 5.69 Å². The van der Waals surface area contributed by atoms with Gasteiger partial charge in [-0.1, -0.05) is 6.42 Å². The highest BCUT2D eigenvalue weighted by Crippen LogP contribution is 2.31. The lowest BCUT2D eigenvalue weighted by Crippen LogP contribution is -2.30. The molecule has 2 rings (SSSR count). The van der Waals surface area contributed by atoms with Crippen LogP contribution in [0.4, 0.5) is 11.5 Å². The number of carboxylic acids is 1. The number of carbonyl (C=O) groups is 1. The van der Waals surface area contributed by atoms with Crippen molar-refractivity contribution in [1.82, 2.24) is 4.98 Å². The van der Waals surface area contributed by atoms with Gasteiger partial charge in [-0.25, -0.2) is 4.98 Å². The molecule has 1 aromatic heterocycles. The fraction of sp³-hybridized carbons (Fsp3) is 0.455. The third-order valence-electron chi connectivity index (χ3n) is 3.19. The smallest absolute Gasteiger partial charge is 0.308 e. The van der Waals surface area contributed by atoms with Crippen LogP contribution in [0.25, 0.3) is 0 Å². The highest BCUT2D eigenvalue weighted by Gasteiger charge is 2.33. The summed E-state index contributed by atoms with van der Waals surface area (Å²) < 4.78 is 0.456. The number of pyridine rings is 1. The fourth-order valence-corrected chi connectivity index (χ4v) is 2.69. The van der Waals surface area contributed by atoms with Gasteiger partial charge in [-0.05, 0) is 28.8 Å². The molecule has 1 aliphatic rings. The molecule has 0 saturated heterocycles. The number of nitrogens with one attached hydrogen (secondary N) is 1. The van der Waals surface area contributed by atoms with Crippen molar-refractivity contribution >= 4 is 33.4 Å². The molecule has 0 spiro atoms. The molecule has 1 saturated carbocycles. The van der Waals surface area contributed by atoms with Gasteiger partial charge in [-0.3, -0.25) is 14.9 Å². The van der Waals surface area contributed by atoms with Crippen molar-refractivity contribution < 1.29 is 14.8 Å². The largest absolute Gasteiger partial charge is 0.481 e. The predicted octanol–water partition coefficient (Wildman–Crippen LogP) is 2.42. The van der Waals surface area contributed by atoms with Crippen LogP contribution in [-0.4, -0.2) is 27.0 Å². The monoisotopic (exact) mass is 329 g/mol. The molecule has 8 heteroatoms. The summed E-state index contributed by atoms with van der Waals surface area (Å²) in [5.41, 5.74) is -0.112. The van der Waals surface area contributed by atoms with E-state index < -0.39 is 16.8 Å². The highest BCUT2D eigenvalue weighted by molar-refractivity contribution is 9.10. The number of nitro groups is 1. The maximum atomic E-state index is 11.1. The molecule has 0 amide bonds. The number of hydrogen-bond donors (Lipinski definition) is 2. The van der Waals surface area contributed by atoms with E-state index in [0.29, 0.717) is 16.7 Å². The fourth-order valence-electron chi connectivity index (χ4n) is 2.24. The summed E-state index contributed by atoms with van der Waals surface area (Å²) in [4.78, 5) is 25.1. The van der Waals surface area contributed by atoms with Crippen molar-refractivity contribution in [2.24, 2.45) is 5.92 Å². The number of halogens is 1. The molecule has 1 aliphatic carbocycles. The Bertz CT molecular complexity index is 523. The summed E-state index contributed by atoms with van der Waals surface area (Å²) in [5, 5.41) is 22.7. The van der Waals surface area contributed by atoms with E-state index in [1.807, 2.05) is 0 Å². The van der Waals surface area contributed by atoms with E-state index in [-0.39, 0.29) is 11.7 Å². The van der Waals surface area contributed by atoms with Gasteiger partial charge in [0.2, 0.25) is 0 Å². The van der Waals surface area contributed by atoms with Crippen molar-refractivity contribution in [3.8, 4) is 0 Å². The van der Waals surface area contributed by atoms with Gasteiger partial charge in [0, 0.05) is 12.1 Å². The highest BCUT2D eigenvalue weighted by atomic mass is 79.9. The first kappa shape index (κ1) is 13.7. The van der Waals surface area contributed by atoms with E-state index in [4.69, 9.17) is 5.11 Å². The van der Waals surface area contributed by atoms with E-state index >= 15 is 0 Å². The molecule has 102 valence electrons. The third-order valence-corrected chi connectivity index (χ3v) is 3.80. The van der Waals surface area contributed by atoms with Crippen LogP contribution in [0.1, 0.15) is 19.3 Å². The SMILES string of the molecule is O=C(O)C1CCCC1Nc1ncc([N+](=O)[O-])cc1Br. The minimum atomic E-state index is -0.826. The zero-order valence-electron chi connectivity index (χ0n) is 9.88. The third kappa shape index (κ3) is 3.01. The zero-order chi connectivity index (χ0) is 14.0. The van der Waals surface area contributed by atoms with Crippen molar-refractivity contribution in [2.75, 3.05) is 5.32 Å². The van der Waals surface area contributed by atoms with Crippen LogP contribution < -0.4 is 5.32 Å². The first-order valence-corrected chi connectivity index (χ1v) is 6.57. The average molecular weight is 330 g/mol. The molecule has 1 aromatic rings. The Morgan fingerprint density at radius 1 is 1.58 bits per heavy atom. The molecule has 2 unspecified atom stereocenters. The van der Waals surface area contributed by atoms with Crippen LogP contribution >= 0.6 is 15.9 Å². The second kappa shape index (κ2) is 5.52. The Morgan fingerprint density at radius 3 is 2.89 bits per heavy atom.